The molecule has 0 spiro atoms. The first-order valence-electron chi connectivity index (χ1n) is 12.4. The topological polar surface area (TPSA) is 21.7 Å². The van der Waals surface area contributed by atoms with Gasteiger partial charge in [-0.05, 0) is 66.7 Å². The van der Waals surface area contributed by atoms with Crippen molar-refractivity contribution in [1.82, 2.24) is 4.90 Å². The van der Waals surface area contributed by atoms with Crippen LogP contribution in [0.5, 0.6) is 0 Å². The minimum absolute atomic E-state index is 0.175. The Balaban J connectivity index is 1.91. The molecule has 3 nitrogen and oxygen atoms in total. The van der Waals surface area contributed by atoms with E-state index >= 15 is 0 Å². The first-order chi connectivity index (χ1) is 14.6. The van der Waals surface area contributed by atoms with Crippen LogP contribution in [0, 0.1) is 0 Å². The Morgan fingerprint density at radius 1 is 0.906 bits per heavy atom. The molecule has 1 heterocycles. The number of likely N-dealkylation sites (tertiary alicyclic amines) is 1. The average molecular weight is 474 g/mol. The van der Waals surface area contributed by atoms with Gasteiger partial charge in [-0.15, -0.1) is 0 Å². The maximum atomic E-state index is 7.16. The van der Waals surface area contributed by atoms with E-state index < -0.39 is 16.6 Å². The third kappa shape index (κ3) is 5.60. The first kappa shape index (κ1) is 25.7. The molecule has 1 aliphatic heterocycles. The molecule has 2 fully saturated rings. The summed E-state index contributed by atoms with van der Waals surface area (Å²) in [6.45, 7) is 26.7. The Labute approximate surface area is 199 Å². The molecule has 2 aliphatic rings. The molecule has 1 saturated carbocycles. The minimum Gasteiger partial charge on any atom is -0.544 e. The Morgan fingerprint density at radius 3 is 1.97 bits per heavy atom. The molecule has 0 amide bonds. The van der Waals surface area contributed by atoms with Crippen molar-refractivity contribution < 1.29 is 8.85 Å². The third-order valence-corrected chi connectivity index (χ3v) is 17.1. The van der Waals surface area contributed by atoms with Crippen LogP contribution in [-0.2, 0) is 15.4 Å². The van der Waals surface area contributed by atoms with Crippen molar-refractivity contribution in [2.45, 2.75) is 109 Å². The minimum atomic E-state index is -1.96. The highest BCUT2D eigenvalue weighted by atomic mass is 28.4. The van der Waals surface area contributed by atoms with Gasteiger partial charge in [0.1, 0.15) is 11.4 Å². The number of hydrogen-bond donors (Lipinski definition) is 0. The maximum Gasteiger partial charge on any atom is 0.250 e. The van der Waals surface area contributed by atoms with Crippen molar-refractivity contribution in [2.24, 2.45) is 0 Å². The summed E-state index contributed by atoms with van der Waals surface area (Å²) >= 11 is 0. The Bertz CT molecular complexity index is 827. The van der Waals surface area contributed by atoms with Crippen molar-refractivity contribution in [2.75, 3.05) is 13.1 Å². The Kier molecular flexibility index (Phi) is 7.01. The summed E-state index contributed by atoms with van der Waals surface area (Å²) < 4.78 is 14.3. The van der Waals surface area contributed by atoms with Gasteiger partial charge in [0.25, 0.3) is 0 Å². The summed E-state index contributed by atoms with van der Waals surface area (Å²) in [6, 6.07) is 10.8. The molecule has 3 rings (SSSR count). The molecule has 1 aromatic rings. The number of rotatable bonds is 7. The quantitative estimate of drug-likeness (QED) is 0.299. The predicted octanol–water partition coefficient (Wildman–Crippen LogP) is 7.72. The molecule has 1 aromatic carbocycles. The van der Waals surface area contributed by atoms with E-state index in [1.165, 1.54) is 16.9 Å². The van der Waals surface area contributed by atoms with Gasteiger partial charge in [0.05, 0.1) is 0 Å². The molecule has 32 heavy (non-hydrogen) atoms. The smallest absolute Gasteiger partial charge is 0.250 e. The molecule has 0 radical (unpaired) electrons. The van der Waals surface area contributed by atoms with Crippen LogP contribution in [0.25, 0.3) is 0 Å². The van der Waals surface area contributed by atoms with Gasteiger partial charge in [-0.2, -0.15) is 0 Å². The van der Waals surface area contributed by atoms with Gasteiger partial charge >= 0.3 is 0 Å². The summed E-state index contributed by atoms with van der Waals surface area (Å²) in [7, 11) is -3.87. The van der Waals surface area contributed by atoms with Crippen LogP contribution >= 0.6 is 0 Å². The summed E-state index contributed by atoms with van der Waals surface area (Å²) in [4.78, 5) is 2.57. The normalized spacial score (nSPS) is 21.6. The van der Waals surface area contributed by atoms with E-state index in [1.54, 1.807) is 0 Å². The Hall–Kier alpha value is -0.886. The summed E-state index contributed by atoms with van der Waals surface area (Å²) in [5, 5.41) is 0.374. The average Bonchev–Trinajstić information content (AvgIpc) is 3.26. The zero-order valence-corrected chi connectivity index (χ0v) is 24.4. The van der Waals surface area contributed by atoms with Gasteiger partial charge in [0.2, 0.25) is 8.32 Å². The molecule has 1 saturated heterocycles. The largest absolute Gasteiger partial charge is 0.544 e. The maximum absolute atomic E-state index is 7.16. The van der Waals surface area contributed by atoms with Crippen molar-refractivity contribution >= 4 is 16.6 Å². The fraction of sp³-hybridized carbons (Fsp3) is 0.704. The summed E-state index contributed by atoms with van der Waals surface area (Å²) in [6.07, 6.45) is 3.30. The lowest BCUT2D eigenvalue weighted by Crippen LogP contribution is -2.48. The molecule has 0 N–H and O–H groups in total. The molecule has 0 aromatic heterocycles. The first-order valence-corrected chi connectivity index (χ1v) is 18.3. The van der Waals surface area contributed by atoms with E-state index in [0.717, 1.165) is 38.9 Å². The molecule has 1 aliphatic carbocycles. The van der Waals surface area contributed by atoms with E-state index in [-0.39, 0.29) is 15.7 Å². The highest BCUT2D eigenvalue weighted by molar-refractivity contribution is 6.75. The standard InChI is InChI=1S/C27H47NO2Si2/c1-25(2,3)31(7,8)29-24(27(17-18-27)30-32(9,10)26(4,5)6)23-16-19-28(21-23)20-22-14-12-11-13-15-22/h11-15H,16-21H2,1-10H3. The van der Waals surface area contributed by atoms with Crippen LogP contribution in [0.2, 0.25) is 36.3 Å². The fourth-order valence-electron chi connectivity index (χ4n) is 3.91. The van der Waals surface area contributed by atoms with E-state index in [4.69, 9.17) is 8.85 Å². The van der Waals surface area contributed by atoms with Gasteiger partial charge in [-0.1, -0.05) is 71.9 Å². The molecule has 0 unspecified atom stereocenters. The SMILES string of the molecule is CC(C)(C)[Si](C)(C)OC(=C1CCN(Cc2ccccc2)C1)C1(O[Si](C)(C)C(C)(C)C)CC1. The highest BCUT2D eigenvalue weighted by Crippen LogP contribution is 2.55. The van der Waals surface area contributed by atoms with Crippen LogP contribution in [0.15, 0.2) is 41.7 Å². The molecular weight excluding hydrogens is 426 g/mol. The number of benzene rings is 1. The lowest BCUT2D eigenvalue weighted by molar-refractivity contribution is 0.138. The van der Waals surface area contributed by atoms with Crippen molar-refractivity contribution in [3.8, 4) is 0 Å². The van der Waals surface area contributed by atoms with Gasteiger partial charge < -0.3 is 8.85 Å². The van der Waals surface area contributed by atoms with E-state index in [1.807, 2.05) is 0 Å². The summed E-state index contributed by atoms with van der Waals surface area (Å²) in [5.74, 6) is 1.23. The van der Waals surface area contributed by atoms with E-state index in [2.05, 4.69) is 103 Å². The Morgan fingerprint density at radius 2 is 1.47 bits per heavy atom. The van der Waals surface area contributed by atoms with Crippen molar-refractivity contribution in [3.63, 3.8) is 0 Å². The molecule has 0 bridgehead atoms. The van der Waals surface area contributed by atoms with Crippen LogP contribution in [-0.4, -0.2) is 40.2 Å². The number of nitrogens with zero attached hydrogens (tertiary/aromatic N) is 1. The monoisotopic (exact) mass is 473 g/mol. The van der Waals surface area contributed by atoms with Crippen LogP contribution in [0.1, 0.15) is 66.4 Å². The molecule has 5 heteroatoms. The van der Waals surface area contributed by atoms with Crippen LogP contribution < -0.4 is 0 Å². The zero-order chi connectivity index (χ0) is 24.0. The predicted molar refractivity (Wildman–Crippen MR) is 142 cm³/mol. The van der Waals surface area contributed by atoms with E-state index in [0.29, 0.717) is 0 Å². The summed E-state index contributed by atoms with van der Waals surface area (Å²) in [5.41, 5.74) is 2.69. The lowest BCUT2D eigenvalue weighted by Gasteiger charge is -2.44. The van der Waals surface area contributed by atoms with Crippen molar-refractivity contribution in [3.05, 3.63) is 47.2 Å². The van der Waals surface area contributed by atoms with E-state index in [9.17, 15) is 0 Å². The fourth-order valence-corrected chi connectivity index (χ4v) is 6.64. The number of hydrogen-bond acceptors (Lipinski definition) is 3. The van der Waals surface area contributed by atoms with Crippen molar-refractivity contribution in [1.29, 1.82) is 0 Å². The second-order valence-corrected chi connectivity index (χ2v) is 22.5. The second-order valence-electron chi connectivity index (χ2n) is 13.1. The second kappa shape index (κ2) is 8.72. The lowest BCUT2D eigenvalue weighted by atomic mass is 10.1. The van der Waals surface area contributed by atoms with Gasteiger partial charge in [-0.3, -0.25) is 4.90 Å². The van der Waals surface area contributed by atoms with Crippen LogP contribution in [0.4, 0.5) is 0 Å². The third-order valence-electron chi connectivity index (χ3n) is 8.25. The van der Waals surface area contributed by atoms with Gasteiger partial charge in [-0.25, -0.2) is 0 Å². The van der Waals surface area contributed by atoms with Gasteiger partial charge in [0, 0.05) is 19.6 Å². The molecule has 180 valence electrons. The molecular formula is C27H47NO2Si2. The molecule has 0 atom stereocenters. The van der Waals surface area contributed by atoms with Crippen LogP contribution in [0.3, 0.4) is 0 Å². The van der Waals surface area contributed by atoms with Gasteiger partial charge in [0.15, 0.2) is 8.32 Å². The zero-order valence-electron chi connectivity index (χ0n) is 22.4. The highest BCUT2D eigenvalue weighted by Gasteiger charge is 2.57.